The smallest absolute Gasteiger partial charge is 0.419 e. The lowest BCUT2D eigenvalue weighted by molar-refractivity contribution is -0.143. The summed E-state index contributed by atoms with van der Waals surface area (Å²) in [7, 11) is 1.27. The molecule has 0 unspecified atom stereocenters. The minimum absolute atomic E-state index is 0.0339. The molecule has 43 heavy (non-hydrogen) atoms. The average Bonchev–Trinajstić information content (AvgIpc) is 3.56. The molecular weight excluding hydrogens is 579 g/mol. The van der Waals surface area contributed by atoms with Gasteiger partial charge in [-0.15, -0.1) is 0 Å². The Morgan fingerprint density at radius 2 is 1.60 bits per heavy atom. The fourth-order valence-electron chi connectivity index (χ4n) is 6.73. The molecule has 0 aromatic heterocycles. The van der Waals surface area contributed by atoms with Gasteiger partial charge in [-0.05, 0) is 81.0 Å². The molecule has 4 atom stereocenters. The number of hydrogen-bond acceptors (Lipinski definition) is 5. The van der Waals surface area contributed by atoms with E-state index in [0.29, 0.717) is 50.7 Å². The second-order valence-electron chi connectivity index (χ2n) is 11.5. The van der Waals surface area contributed by atoms with Crippen molar-refractivity contribution in [2.45, 2.75) is 63.3 Å². The van der Waals surface area contributed by atoms with E-state index >= 15 is 0 Å². The largest absolute Gasteiger partial charge is 0.496 e. The number of anilines is 1. The number of benzene rings is 2. The van der Waals surface area contributed by atoms with Gasteiger partial charge in [0.2, 0.25) is 5.91 Å². The van der Waals surface area contributed by atoms with Gasteiger partial charge in [-0.3, -0.25) is 14.4 Å². The number of fused-ring (bicyclic) bond motifs is 2. The number of carboxylic acids is 1. The van der Waals surface area contributed by atoms with Crippen LogP contribution in [-0.4, -0.2) is 42.1 Å². The topological polar surface area (TPSA) is 114 Å². The maximum Gasteiger partial charge on any atom is 0.419 e. The normalized spacial score (nSPS) is 26.6. The third-order valence-electron chi connectivity index (χ3n) is 8.87. The second-order valence-corrected chi connectivity index (χ2v) is 11.5. The van der Waals surface area contributed by atoms with Crippen molar-refractivity contribution in [3.05, 3.63) is 53.1 Å². The van der Waals surface area contributed by atoms with Gasteiger partial charge in [0, 0.05) is 17.8 Å². The van der Waals surface area contributed by atoms with Gasteiger partial charge in [-0.2, -0.15) is 13.2 Å². The summed E-state index contributed by atoms with van der Waals surface area (Å²) in [5.74, 6) is -6.01. The van der Waals surface area contributed by atoms with Crippen molar-refractivity contribution in [3.8, 4) is 11.5 Å². The highest BCUT2D eigenvalue weighted by Crippen LogP contribution is 2.49. The zero-order valence-corrected chi connectivity index (χ0v) is 23.2. The number of hydrogen-bond donors (Lipinski definition) is 3. The highest BCUT2D eigenvalue weighted by Gasteiger charge is 2.51. The molecule has 3 aliphatic rings. The van der Waals surface area contributed by atoms with Crippen molar-refractivity contribution in [2.75, 3.05) is 12.4 Å². The molecule has 0 aliphatic heterocycles. The molecule has 8 nitrogen and oxygen atoms in total. The second kappa shape index (κ2) is 12.0. The van der Waals surface area contributed by atoms with Gasteiger partial charge < -0.3 is 25.2 Å². The molecular formula is C30H31F5N2O6. The first-order valence-electron chi connectivity index (χ1n) is 14.1. The summed E-state index contributed by atoms with van der Waals surface area (Å²) in [6.45, 7) is 0. The van der Waals surface area contributed by atoms with E-state index in [1.807, 2.05) is 0 Å². The Kier molecular flexibility index (Phi) is 8.53. The average molecular weight is 611 g/mol. The molecule has 0 heterocycles. The van der Waals surface area contributed by atoms with E-state index < -0.39 is 65.1 Å². The Morgan fingerprint density at radius 3 is 2.26 bits per heavy atom. The van der Waals surface area contributed by atoms with Crippen LogP contribution in [0.15, 0.2) is 30.3 Å². The van der Waals surface area contributed by atoms with Crippen LogP contribution in [0.5, 0.6) is 11.5 Å². The number of amides is 2. The monoisotopic (exact) mass is 610 g/mol. The molecule has 232 valence electrons. The van der Waals surface area contributed by atoms with E-state index in [0.717, 1.165) is 18.6 Å². The number of nitrogens with one attached hydrogen (secondary N) is 2. The van der Waals surface area contributed by atoms with Gasteiger partial charge in [-0.1, -0.05) is 0 Å². The highest BCUT2D eigenvalue weighted by atomic mass is 19.4. The predicted molar refractivity (Wildman–Crippen MR) is 143 cm³/mol. The molecule has 2 bridgehead atoms. The number of carboxylic acid groups (broad SMARTS) is 1. The van der Waals surface area contributed by atoms with Gasteiger partial charge in [0.25, 0.3) is 5.91 Å². The lowest BCUT2D eigenvalue weighted by atomic mass is 9.83. The third kappa shape index (κ3) is 6.40. The van der Waals surface area contributed by atoms with Crippen LogP contribution in [0.1, 0.15) is 60.9 Å². The maximum absolute atomic E-state index is 14.9. The first kappa shape index (κ1) is 30.6. The van der Waals surface area contributed by atoms with Crippen LogP contribution in [0.4, 0.5) is 27.6 Å². The Bertz CT molecular complexity index is 1410. The first-order chi connectivity index (χ1) is 20.3. The molecule has 3 N–H and O–H groups in total. The van der Waals surface area contributed by atoms with Crippen LogP contribution >= 0.6 is 0 Å². The zero-order chi connectivity index (χ0) is 31.1. The third-order valence-corrected chi connectivity index (χ3v) is 8.87. The van der Waals surface area contributed by atoms with Crippen molar-refractivity contribution in [1.29, 1.82) is 0 Å². The Hall–Kier alpha value is -3.90. The van der Waals surface area contributed by atoms with E-state index in [2.05, 4.69) is 10.6 Å². The fraction of sp³-hybridized carbons (Fsp3) is 0.500. The molecule has 0 spiro atoms. The molecule has 3 aliphatic carbocycles. The number of carbonyl (C=O) groups is 3. The van der Waals surface area contributed by atoms with Gasteiger partial charge in [0.1, 0.15) is 11.6 Å². The van der Waals surface area contributed by atoms with Crippen LogP contribution in [-0.2, 0) is 15.8 Å². The van der Waals surface area contributed by atoms with Gasteiger partial charge in [0.05, 0.1) is 36.2 Å². The summed E-state index contributed by atoms with van der Waals surface area (Å²) < 4.78 is 79.2. The van der Waals surface area contributed by atoms with Crippen molar-refractivity contribution < 1.29 is 50.9 Å². The SMILES string of the molecule is COc1cc(F)c(O[C@H]2CC[C@@H](C(=O)O)CC2)cc1C(=O)N[C@@H]1[C@H]2CC[C@H](C2)[C@@H]1C(=O)Nc1ccc(F)c(C(F)(F)F)c1. The van der Waals surface area contributed by atoms with Crippen LogP contribution in [0, 0.1) is 35.3 Å². The van der Waals surface area contributed by atoms with E-state index in [-0.39, 0.29) is 34.6 Å². The Balaban J connectivity index is 1.32. The van der Waals surface area contributed by atoms with Crippen LogP contribution in [0.25, 0.3) is 0 Å². The molecule has 3 fully saturated rings. The summed E-state index contributed by atoms with van der Waals surface area (Å²) in [5.41, 5.74) is -1.75. The minimum Gasteiger partial charge on any atom is -0.496 e. The highest BCUT2D eigenvalue weighted by molar-refractivity contribution is 5.99. The van der Waals surface area contributed by atoms with Crippen LogP contribution in [0.2, 0.25) is 0 Å². The minimum atomic E-state index is -4.94. The van der Waals surface area contributed by atoms with E-state index in [1.54, 1.807) is 0 Å². The van der Waals surface area contributed by atoms with Crippen LogP contribution in [0.3, 0.4) is 0 Å². The quantitative estimate of drug-likeness (QED) is 0.326. The van der Waals surface area contributed by atoms with E-state index in [4.69, 9.17) is 9.47 Å². The Labute approximate surface area is 243 Å². The van der Waals surface area contributed by atoms with Crippen molar-refractivity contribution in [1.82, 2.24) is 5.32 Å². The van der Waals surface area contributed by atoms with Crippen molar-refractivity contribution >= 4 is 23.5 Å². The summed E-state index contributed by atoms with van der Waals surface area (Å²) in [5, 5.41) is 14.5. The van der Waals surface area contributed by atoms with Crippen molar-refractivity contribution in [3.63, 3.8) is 0 Å². The number of aliphatic carboxylic acids is 1. The lowest BCUT2D eigenvalue weighted by Crippen LogP contribution is -2.48. The first-order valence-corrected chi connectivity index (χ1v) is 14.1. The molecule has 2 aromatic rings. The molecule has 13 heteroatoms. The molecule has 2 aromatic carbocycles. The number of halogens is 5. The van der Waals surface area contributed by atoms with E-state index in [9.17, 15) is 41.4 Å². The van der Waals surface area contributed by atoms with E-state index in [1.165, 1.54) is 13.2 Å². The van der Waals surface area contributed by atoms with Crippen LogP contribution < -0.4 is 20.1 Å². The summed E-state index contributed by atoms with van der Waals surface area (Å²) in [6.07, 6.45) is -1.72. The fourth-order valence-corrected chi connectivity index (χ4v) is 6.73. The molecule has 2 amide bonds. The molecule has 0 radical (unpaired) electrons. The number of alkyl halides is 3. The number of methoxy groups -OCH3 is 1. The van der Waals surface area contributed by atoms with Crippen molar-refractivity contribution in [2.24, 2.45) is 23.7 Å². The number of rotatable bonds is 8. The maximum atomic E-state index is 14.9. The summed E-state index contributed by atoms with van der Waals surface area (Å²) in [4.78, 5) is 38.1. The summed E-state index contributed by atoms with van der Waals surface area (Å²) >= 11 is 0. The zero-order valence-electron chi connectivity index (χ0n) is 23.2. The standard InChI is InChI=1S/C30H31F5N2O6/c1-42-23-13-22(32)24(43-18-7-4-14(5-8-18)29(40)41)12-19(23)27(38)37-26-16-3-2-15(10-16)25(26)28(39)36-17-6-9-21(31)20(11-17)30(33,34)35/h6,9,11-16,18,25-26H,2-5,7-8,10H2,1H3,(H,36,39)(H,37,38)(H,40,41)/t14-,15-,16+,18+,25+,26-/m1/s1. The predicted octanol–water partition coefficient (Wildman–Crippen LogP) is 5.80. The van der Waals surface area contributed by atoms with Gasteiger partial charge >= 0.3 is 12.1 Å². The van der Waals surface area contributed by atoms with Gasteiger partial charge in [0.15, 0.2) is 11.6 Å². The molecule has 5 rings (SSSR count). The number of carbonyl (C=O) groups excluding carboxylic acids is 2. The lowest BCUT2D eigenvalue weighted by Gasteiger charge is -2.31. The summed E-state index contributed by atoms with van der Waals surface area (Å²) in [6, 6.07) is 3.79. The molecule has 0 saturated heterocycles. The Morgan fingerprint density at radius 1 is 0.907 bits per heavy atom. The van der Waals surface area contributed by atoms with Gasteiger partial charge in [-0.25, -0.2) is 8.78 Å². The molecule has 3 saturated carbocycles. The number of ether oxygens (including phenoxy) is 2.